The molecule has 5 nitrogen and oxygen atoms in total. The topological polar surface area (TPSA) is 83.5 Å². The van der Waals surface area contributed by atoms with Crippen molar-refractivity contribution >= 4 is 16.0 Å². The molecular weight excluding hydrogens is 218 g/mol. The summed E-state index contributed by atoms with van der Waals surface area (Å²) >= 11 is 0. The quantitative estimate of drug-likeness (QED) is 0.686. The largest absolute Gasteiger partial charge is 0.480 e. The van der Waals surface area contributed by atoms with E-state index >= 15 is 0 Å². The van der Waals surface area contributed by atoms with Crippen molar-refractivity contribution in [2.75, 3.05) is 5.75 Å². The van der Waals surface area contributed by atoms with Gasteiger partial charge in [0.15, 0.2) is 0 Å². The molecule has 0 aliphatic carbocycles. The molecule has 15 heavy (non-hydrogen) atoms. The highest BCUT2D eigenvalue weighted by Gasteiger charge is 2.23. The van der Waals surface area contributed by atoms with Crippen molar-refractivity contribution in [3.63, 3.8) is 0 Å². The van der Waals surface area contributed by atoms with Crippen molar-refractivity contribution in [2.24, 2.45) is 5.92 Å². The van der Waals surface area contributed by atoms with Crippen molar-refractivity contribution in [3.05, 3.63) is 0 Å². The third-order valence-corrected chi connectivity index (χ3v) is 3.39. The summed E-state index contributed by atoms with van der Waals surface area (Å²) in [5, 5.41) is 8.83. The first-order valence-electron chi connectivity index (χ1n) is 5.01. The molecule has 2 N–H and O–H groups in total. The molecule has 0 bridgehead atoms. The lowest BCUT2D eigenvalue weighted by Gasteiger charge is -2.16. The fourth-order valence-corrected chi connectivity index (χ4v) is 2.50. The van der Waals surface area contributed by atoms with Gasteiger partial charge in [-0.2, -0.15) is 0 Å². The second-order valence-corrected chi connectivity index (χ2v) is 5.83. The van der Waals surface area contributed by atoms with Gasteiger partial charge in [0.2, 0.25) is 10.0 Å². The normalized spacial score (nSPS) is 14.1. The standard InChI is InChI=1S/C9H19NO4S/c1-4-5-15(13,14)10-8(9(11)12)6-7(2)3/h7-8,10H,4-6H2,1-3H3,(H,11,12). The molecule has 0 radical (unpaired) electrons. The molecule has 0 heterocycles. The molecule has 0 saturated heterocycles. The molecule has 0 fully saturated rings. The Bertz CT molecular complexity index is 297. The van der Waals surface area contributed by atoms with Crippen LogP contribution in [0.4, 0.5) is 0 Å². The van der Waals surface area contributed by atoms with Crippen LogP contribution < -0.4 is 4.72 Å². The van der Waals surface area contributed by atoms with Gasteiger partial charge in [-0.05, 0) is 18.8 Å². The van der Waals surface area contributed by atoms with Gasteiger partial charge < -0.3 is 5.11 Å². The van der Waals surface area contributed by atoms with Gasteiger partial charge in [0.05, 0.1) is 5.75 Å². The maximum absolute atomic E-state index is 11.4. The Balaban J connectivity index is 4.48. The zero-order chi connectivity index (χ0) is 12.1. The lowest BCUT2D eigenvalue weighted by Crippen LogP contribution is -2.42. The van der Waals surface area contributed by atoms with E-state index in [2.05, 4.69) is 4.72 Å². The van der Waals surface area contributed by atoms with E-state index in [9.17, 15) is 13.2 Å². The van der Waals surface area contributed by atoms with Crippen LogP contribution in [0.5, 0.6) is 0 Å². The second kappa shape index (κ2) is 6.07. The fourth-order valence-electron chi connectivity index (χ4n) is 1.22. The number of nitrogens with one attached hydrogen (secondary N) is 1. The first kappa shape index (κ1) is 14.4. The minimum absolute atomic E-state index is 0.0329. The van der Waals surface area contributed by atoms with Gasteiger partial charge in [-0.25, -0.2) is 13.1 Å². The van der Waals surface area contributed by atoms with Crippen molar-refractivity contribution < 1.29 is 18.3 Å². The zero-order valence-corrected chi connectivity index (χ0v) is 10.2. The van der Waals surface area contributed by atoms with E-state index in [1.165, 1.54) is 0 Å². The summed E-state index contributed by atoms with van der Waals surface area (Å²) in [5.74, 6) is -1.02. The van der Waals surface area contributed by atoms with Crippen LogP contribution in [0, 0.1) is 5.92 Å². The Morgan fingerprint density at radius 2 is 1.93 bits per heavy atom. The number of rotatable bonds is 7. The first-order valence-corrected chi connectivity index (χ1v) is 6.66. The van der Waals surface area contributed by atoms with Gasteiger partial charge in [0, 0.05) is 0 Å². The molecule has 0 aromatic heterocycles. The summed E-state index contributed by atoms with van der Waals surface area (Å²) in [6, 6.07) is -1.01. The third-order valence-electron chi connectivity index (χ3n) is 1.80. The van der Waals surface area contributed by atoms with Gasteiger partial charge >= 0.3 is 5.97 Å². The predicted octanol–water partition coefficient (Wildman–Crippen LogP) is 0.815. The second-order valence-electron chi connectivity index (χ2n) is 3.96. The van der Waals surface area contributed by atoms with E-state index in [1.54, 1.807) is 6.92 Å². The summed E-state index contributed by atoms with van der Waals surface area (Å²) in [7, 11) is -3.45. The summed E-state index contributed by atoms with van der Waals surface area (Å²) in [4.78, 5) is 10.8. The lowest BCUT2D eigenvalue weighted by molar-refractivity contribution is -0.139. The number of carboxylic acids is 1. The van der Waals surface area contributed by atoms with Gasteiger partial charge in [0.1, 0.15) is 6.04 Å². The van der Waals surface area contributed by atoms with Gasteiger partial charge in [-0.3, -0.25) is 4.79 Å². The van der Waals surface area contributed by atoms with E-state index < -0.39 is 22.0 Å². The van der Waals surface area contributed by atoms with E-state index in [0.29, 0.717) is 12.8 Å². The Kier molecular flexibility index (Phi) is 5.82. The smallest absolute Gasteiger partial charge is 0.321 e. The highest BCUT2D eigenvalue weighted by molar-refractivity contribution is 7.89. The number of aliphatic carboxylic acids is 1. The first-order chi connectivity index (χ1) is 6.78. The maximum Gasteiger partial charge on any atom is 0.321 e. The Hall–Kier alpha value is -0.620. The number of sulfonamides is 1. The zero-order valence-electron chi connectivity index (χ0n) is 9.36. The van der Waals surface area contributed by atoms with Crippen LogP contribution in [0.15, 0.2) is 0 Å². The molecule has 0 aromatic carbocycles. The number of hydrogen-bond acceptors (Lipinski definition) is 3. The summed E-state index contributed by atoms with van der Waals surface area (Å²) in [5.41, 5.74) is 0. The molecule has 0 aromatic rings. The fraction of sp³-hybridized carbons (Fsp3) is 0.889. The third kappa shape index (κ3) is 6.46. The molecule has 0 rings (SSSR count). The highest BCUT2D eigenvalue weighted by Crippen LogP contribution is 2.06. The van der Waals surface area contributed by atoms with Crippen molar-refractivity contribution in [1.82, 2.24) is 4.72 Å². The molecular formula is C9H19NO4S. The minimum atomic E-state index is -3.45. The average Bonchev–Trinajstić information content (AvgIpc) is 2.00. The average molecular weight is 237 g/mol. The SMILES string of the molecule is CCCS(=O)(=O)NC(CC(C)C)C(=O)O. The van der Waals surface area contributed by atoms with Gasteiger partial charge in [-0.15, -0.1) is 0 Å². The minimum Gasteiger partial charge on any atom is -0.480 e. The number of hydrogen-bond donors (Lipinski definition) is 2. The molecule has 1 unspecified atom stereocenters. The molecule has 0 spiro atoms. The van der Waals surface area contributed by atoms with E-state index in [1.807, 2.05) is 13.8 Å². The van der Waals surface area contributed by atoms with Crippen molar-refractivity contribution in [3.8, 4) is 0 Å². The van der Waals surface area contributed by atoms with Crippen LogP contribution in [-0.4, -0.2) is 31.3 Å². The van der Waals surface area contributed by atoms with Gasteiger partial charge in [-0.1, -0.05) is 20.8 Å². The molecule has 0 saturated carbocycles. The Morgan fingerprint density at radius 3 is 2.27 bits per heavy atom. The van der Waals surface area contributed by atoms with Gasteiger partial charge in [0.25, 0.3) is 0 Å². The molecule has 90 valence electrons. The van der Waals surface area contributed by atoms with Crippen molar-refractivity contribution in [1.29, 1.82) is 0 Å². The summed E-state index contributed by atoms with van der Waals surface area (Å²) in [6.07, 6.45) is 0.779. The molecule has 0 aliphatic rings. The van der Waals surface area contributed by atoms with Crippen LogP contribution in [0.25, 0.3) is 0 Å². The molecule has 6 heteroatoms. The predicted molar refractivity (Wildman–Crippen MR) is 58.1 cm³/mol. The Morgan fingerprint density at radius 1 is 1.40 bits per heavy atom. The van der Waals surface area contributed by atoms with Crippen LogP contribution >= 0.6 is 0 Å². The van der Waals surface area contributed by atoms with Crippen LogP contribution in [0.3, 0.4) is 0 Å². The van der Waals surface area contributed by atoms with Crippen LogP contribution in [0.2, 0.25) is 0 Å². The number of carboxylic acid groups (broad SMARTS) is 1. The van der Waals surface area contributed by atoms with Crippen molar-refractivity contribution in [2.45, 2.75) is 39.7 Å². The molecule has 1 atom stereocenters. The molecule has 0 amide bonds. The number of carbonyl (C=O) groups is 1. The molecule has 0 aliphatic heterocycles. The van der Waals surface area contributed by atoms with E-state index in [0.717, 1.165) is 0 Å². The van der Waals surface area contributed by atoms with Crippen LogP contribution in [-0.2, 0) is 14.8 Å². The summed E-state index contributed by atoms with van der Waals surface area (Å²) < 4.78 is 24.9. The van der Waals surface area contributed by atoms with E-state index in [4.69, 9.17) is 5.11 Å². The van der Waals surface area contributed by atoms with Crippen LogP contribution in [0.1, 0.15) is 33.6 Å². The lowest BCUT2D eigenvalue weighted by atomic mass is 10.1. The van der Waals surface area contributed by atoms with E-state index in [-0.39, 0.29) is 11.7 Å². The maximum atomic E-state index is 11.4. The Labute approximate surface area is 90.9 Å². The summed E-state index contributed by atoms with van der Waals surface area (Å²) in [6.45, 7) is 5.44. The monoisotopic (exact) mass is 237 g/mol. The highest BCUT2D eigenvalue weighted by atomic mass is 32.2.